The molecule has 0 amide bonds. The van der Waals surface area contributed by atoms with Crippen LogP contribution in [0.25, 0.3) is 0 Å². The van der Waals surface area contributed by atoms with E-state index in [1.165, 1.54) is 25.7 Å². The van der Waals surface area contributed by atoms with E-state index in [4.69, 9.17) is 0 Å². The van der Waals surface area contributed by atoms with Gasteiger partial charge in [0.2, 0.25) is 0 Å². The molecule has 4 bridgehead atoms. The smallest absolute Gasteiger partial charge is 0.0643 e. The lowest BCUT2D eigenvalue weighted by molar-refractivity contribution is 0.200. The van der Waals surface area contributed by atoms with Crippen molar-refractivity contribution in [2.24, 2.45) is 0 Å². The van der Waals surface area contributed by atoms with Gasteiger partial charge in [0.1, 0.15) is 0 Å². The highest BCUT2D eigenvalue weighted by atomic mass is 32.2. The van der Waals surface area contributed by atoms with E-state index >= 15 is 0 Å². The third-order valence-electron chi connectivity index (χ3n) is 8.15. The average molecular weight is 331 g/mol. The molecule has 2 heteroatoms. The van der Waals surface area contributed by atoms with E-state index in [-0.39, 0.29) is 0 Å². The van der Waals surface area contributed by atoms with Gasteiger partial charge in [0.25, 0.3) is 0 Å². The van der Waals surface area contributed by atoms with Gasteiger partial charge in [-0.2, -0.15) is 0 Å². The van der Waals surface area contributed by atoms with Crippen LogP contribution in [0.2, 0.25) is 0 Å². The molecule has 24 heavy (non-hydrogen) atoms. The number of hydrogen-bond acceptors (Lipinski definition) is 2. The molecule has 7 rings (SSSR count). The molecule has 6 atom stereocenters. The Morgan fingerprint density at radius 3 is 1.50 bits per heavy atom. The van der Waals surface area contributed by atoms with Crippen LogP contribution in [0.5, 0.6) is 0 Å². The number of nitrogens with one attached hydrogen (secondary N) is 1. The summed E-state index contributed by atoms with van der Waals surface area (Å²) < 4.78 is 4.43. The summed E-state index contributed by atoms with van der Waals surface area (Å²) in [6.07, 6.45) is 5.56. The van der Waals surface area contributed by atoms with Gasteiger partial charge >= 0.3 is 0 Å². The number of hydrogen-bond donors (Lipinski definition) is 1. The maximum atomic E-state index is 4.01. The van der Waals surface area contributed by atoms with Gasteiger partial charge in [0.15, 0.2) is 0 Å². The minimum absolute atomic E-state index is 0.326. The molecular weight excluding hydrogens is 310 g/mol. The molecule has 1 heterocycles. The lowest BCUT2D eigenvalue weighted by atomic mass is 9.67. The van der Waals surface area contributed by atoms with E-state index < -0.39 is 0 Å². The normalized spacial score (nSPS) is 45.7. The fourth-order valence-electron chi connectivity index (χ4n) is 7.59. The van der Waals surface area contributed by atoms with Gasteiger partial charge in [-0.25, -0.2) is 0 Å². The summed E-state index contributed by atoms with van der Waals surface area (Å²) >= 11 is 2.11. The van der Waals surface area contributed by atoms with Crippen LogP contribution in [-0.4, -0.2) is 10.3 Å². The van der Waals surface area contributed by atoms with Crippen molar-refractivity contribution in [2.45, 2.75) is 59.6 Å². The van der Waals surface area contributed by atoms with Crippen LogP contribution < -0.4 is 4.72 Å². The summed E-state index contributed by atoms with van der Waals surface area (Å²) in [4.78, 5) is 0. The molecule has 0 aromatic heterocycles. The third-order valence-corrected chi connectivity index (χ3v) is 9.84. The van der Waals surface area contributed by atoms with Gasteiger partial charge in [-0.05, 0) is 47.9 Å². The summed E-state index contributed by atoms with van der Waals surface area (Å²) in [6, 6.07) is 18.7. The van der Waals surface area contributed by atoms with Crippen molar-refractivity contribution in [1.29, 1.82) is 0 Å². The number of rotatable bonds is 0. The molecular formula is C22H21NS. The highest BCUT2D eigenvalue weighted by Crippen LogP contribution is 2.81. The van der Waals surface area contributed by atoms with E-state index in [0.717, 1.165) is 23.7 Å². The fraction of sp³-hybridized carbons (Fsp3) is 0.455. The van der Waals surface area contributed by atoms with Crippen LogP contribution in [0.1, 0.15) is 71.6 Å². The number of fused-ring (bicyclic) bond motifs is 6. The first kappa shape index (κ1) is 13.0. The second kappa shape index (κ2) is 3.94. The van der Waals surface area contributed by atoms with Crippen molar-refractivity contribution in [3.8, 4) is 0 Å². The van der Waals surface area contributed by atoms with E-state index in [9.17, 15) is 0 Å². The van der Waals surface area contributed by atoms with Gasteiger partial charge < -0.3 is 0 Å². The van der Waals surface area contributed by atoms with E-state index in [0.29, 0.717) is 10.3 Å². The van der Waals surface area contributed by atoms with Gasteiger partial charge in [-0.3, -0.25) is 4.72 Å². The summed E-state index contributed by atoms with van der Waals surface area (Å²) in [5.41, 5.74) is 7.01. The van der Waals surface area contributed by atoms with Gasteiger partial charge in [-0.15, -0.1) is 0 Å². The van der Waals surface area contributed by atoms with Crippen molar-refractivity contribution >= 4 is 11.9 Å². The Bertz CT molecular complexity index is 752. The number of benzene rings is 2. The third kappa shape index (κ3) is 1.08. The molecule has 1 nitrogen and oxygen atoms in total. The van der Waals surface area contributed by atoms with E-state index in [1.807, 2.05) is 0 Å². The largest absolute Gasteiger partial charge is 0.255 e. The molecule has 2 aromatic rings. The Morgan fingerprint density at radius 1 is 0.667 bits per heavy atom. The lowest BCUT2D eigenvalue weighted by Crippen LogP contribution is -2.72. The maximum absolute atomic E-state index is 4.01. The Morgan fingerprint density at radius 2 is 1.08 bits per heavy atom. The standard InChI is InChI=1S/C22H21NS/c1-2-6-14-13(5-1)17-9-10-18(14)21(17)22(24-23-21)19-11-12-20(22)16-8-4-3-7-15(16)19/h1-8,17-20,23H,9-12H2/t17-,18+,19-,20+,21?,22?. The van der Waals surface area contributed by atoms with Crippen molar-refractivity contribution in [3.63, 3.8) is 0 Å². The van der Waals surface area contributed by atoms with Crippen molar-refractivity contribution in [2.75, 3.05) is 0 Å². The molecule has 4 aliphatic carbocycles. The summed E-state index contributed by atoms with van der Waals surface area (Å²) in [7, 11) is 0. The van der Waals surface area contributed by atoms with Gasteiger partial charge in [0.05, 0.1) is 10.3 Å². The molecule has 0 radical (unpaired) electrons. The van der Waals surface area contributed by atoms with E-state index in [2.05, 4.69) is 65.2 Å². The first-order chi connectivity index (χ1) is 11.9. The molecule has 3 fully saturated rings. The quantitative estimate of drug-likeness (QED) is 0.677. The zero-order valence-corrected chi connectivity index (χ0v) is 14.5. The van der Waals surface area contributed by atoms with Crippen LogP contribution in [-0.2, 0) is 0 Å². The SMILES string of the molecule is c1ccc2c(c1)[C@H]1CC[C@@H]2C12NSC21[C@@H]2CC[C@H]1c1ccccc12. The maximum Gasteiger partial charge on any atom is 0.0643 e. The van der Waals surface area contributed by atoms with Gasteiger partial charge in [-0.1, -0.05) is 60.5 Å². The van der Waals surface area contributed by atoms with Crippen molar-refractivity contribution in [3.05, 3.63) is 70.8 Å². The first-order valence-electron chi connectivity index (χ1n) is 9.51. The molecule has 1 N–H and O–H groups in total. The average Bonchev–Trinajstić information content (AvgIpc) is 3.36. The second-order valence-corrected chi connectivity index (χ2v) is 9.57. The van der Waals surface area contributed by atoms with Crippen LogP contribution in [0.15, 0.2) is 48.5 Å². The van der Waals surface area contributed by atoms with E-state index in [1.54, 1.807) is 22.3 Å². The Labute approximate surface area is 147 Å². The van der Waals surface area contributed by atoms with Crippen LogP contribution in [0, 0.1) is 0 Å². The molecule has 5 aliphatic rings. The summed E-state index contributed by atoms with van der Waals surface area (Å²) in [6.45, 7) is 0. The monoisotopic (exact) mass is 331 g/mol. The highest BCUT2D eigenvalue weighted by molar-refractivity contribution is 8.00. The zero-order valence-electron chi connectivity index (χ0n) is 13.7. The van der Waals surface area contributed by atoms with Crippen LogP contribution >= 0.6 is 11.9 Å². The first-order valence-corrected chi connectivity index (χ1v) is 10.3. The second-order valence-electron chi connectivity index (χ2n) is 8.49. The molecule has 2 saturated carbocycles. The predicted molar refractivity (Wildman–Crippen MR) is 98.5 cm³/mol. The Kier molecular flexibility index (Phi) is 2.14. The minimum Gasteiger partial charge on any atom is -0.255 e. The van der Waals surface area contributed by atoms with Crippen LogP contribution in [0.3, 0.4) is 0 Å². The van der Waals surface area contributed by atoms with Crippen LogP contribution in [0.4, 0.5) is 0 Å². The molecule has 1 saturated heterocycles. The molecule has 2 aromatic carbocycles. The summed E-state index contributed by atoms with van der Waals surface area (Å²) in [5, 5.41) is 0. The molecule has 2 spiro atoms. The topological polar surface area (TPSA) is 12.0 Å². The lowest BCUT2D eigenvalue weighted by Gasteiger charge is -2.62. The molecule has 2 unspecified atom stereocenters. The summed E-state index contributed by atoms with van der Waals surface area (Å²) in [5.74, 6) is 3.00. The molecule has 120 valence electrons. The van der Waals surface area contributed by atoms with Gasteiger partial charge in [0, 0.05) is 23.7 Å². The molecule has 1 aliphatic heterocycles. The highest BCUT2D eigenvalue weighted by Gasteiger charge is 2.79. The predicted octanol–water partition coefficient (Wildman–Crippen LogP) is 5.07. The Hall–Kier alpha value is -1.25. The zero-order chi connectivity index (χ0) is 15.5. The Balaban J connectivity index is 1.47. The fourth-order valence-corrected chi connectivity index (χ4v) is 9.51. The minimum atomic E-state index is 0.326. The van der Waals surface area contributed by atoms with Crippen molar-refractivity contribution in [1.82, 2.24) is 4.72 Å². The van der Waals surface area contributed by atoms with Crippen molar-refractivity contribution < 1.29 is 0 Å².